The molecule has 0 radical (unpaired) electrons. The van der Waals surface area contributed by atoms with Gasteiger partial charge in [-0.25, -0.2) is 14.8 Å². The van der Waals surface area contributed by atoms with E-state index in [1.165, 1.54) is 13.3 Å². The van der Waals surface area contributed by atoms with E-state index in [1.54, 1.807) is 18.2 Å². The van der Waals surface area contributed by atoms with Gasteiger partial charge in [0.2, 0.25) is 5.95 Å². The molecule has 1 atom stereocenters. The van der Waals surface area contributed by atoms with Crippen molar-refractivity contribution in [1.82, 2.24) is 20.3 Å². The Morgan fingerprint density at radius 2 is 2.16 bits per heavy atom. The van der Waals surface area contributed by atoms with Crippen LogP contribution in [-0.4, -0.2) is 47.3 Å². The topological polar surface area (TPSA) is 104 Å². The Labute approximate surface area is 175 Å². The van der Waals surface area contributed by atoms with Crippen molar-refractivity contribution in [2.45, 2.75) is 25.1 Å². The van der Waals surface area contributed by atoms with Crippen LogP contribution in [-0.2, 0) is 10.9 Å². The highest BCUT2D eigenvalue weighted by Crippen LogP contribution is 2.39. The molecule has 31 heavy (non-hydrogen) atoms. The van der Waals surface area contributed by atoms with E-state index >= 15 is 0 Å². The van der Waals surface area contributed by atoms with Crippen LogP contribution in [0.15, 0.2) is 30.6 Å². The summed E-state index contributed by atoms with van der Waals surface area (Å²) in [6.45, 7) is 1.60. The van der Waals surface area contributed by atoms with Crippen molar-refractivity contribution < 1.29 is 22.7 Å². The van der Waals surface area contributed by atoms with Gasteiger partial charge in [-0.2, -0.15) is 13.2 Å². The fraction of sp³-hybridized carbons (Fsp3) is 0.350. The number of amides is 1. The molecular weight excluding hydrogens is 413 g/mol. The van der Waals surface area contributed by atoms with Crippen LogP contribution in [0.4, 0.5) is 29.6 Å². The molecule has 0 unspecified atom stereocenters. The number of rotatable bonds is 4. The zero-order chi connectivity index (χ0) is 22.0. The van der Waals surface area contributed by atoms with Gasteiger partial charge < -0.3 is 20.4 Å². The second-order valence-electron chi connectivity index (χ2n) is 7.19. The zero-order valence-corrected chi connectivity index (χ0v) is 16.6. The Bertz CT molecular complexity index is 1090. The smallest absolute Gasteiger partial charge is 0.419 e. The van der Waals surface area contributed by atoms with Crippen molar-refractivity contribution in [3.05, 3.63) is 36.2 Å². The number of hydrogen-bond acceptors (Lipinski definition) is 6. The van der Waals surface area contributed by atoms with E-state index < -0.39 is 17.8 Å². The number of alkyl halides is 3. The Kier molecular flexibility index (Phi) is 5.68. The SMILES string of the molecule is COC(=O)Nc1cccc2c(-c3nc(N[C@H]4CCCNC4)ncc3C(F)(F)F)c[nH]c12. The second kappa shape index (κ2) is 8.42. The minimum Gasteiger partial charge on any atom is -0.453 e. The summed E-state index contributed by atoms with van der Waals surface area (Å²) in [6, 6.07) is 4.95. The first-order chi connectivity index (χ1) is 14.9. The number of aromatic amines is 1. The highest BCUT2D eigenvalue weighted by molar-refractivity contribution is 6.04. The van der Waals surface area contributed by atoms with E-state index in [0.717, 1.165) is 25.6 Å². The lowest BCUT2D eigenvalue weighted by Gasteiger charge is -2.24. The molecule has 3 heterocycles. The second-order valence-corrected chi connectivity index (χ2v) is 7.19. The lowest BCUT2D eigenvalue weighted by atomic mass is 10.0. The number of hydrogen-bond donors (Lipinski definition) is 4. The highest BCUT2D eigenvalue weighted by Gasteiger charge is 2.36. The van der Waals surface area contributed by atoms with Crippen molar-refractivity contribution in [2.24, 2.45) is 0 Å². The molecule has 1 amide bonds. The number of halogens is 3. The van der Waals surface area contributed by atoms with E-state index in [4.69, 9.17) is 0 Å². The third-order valence-corrected chi connectivity index (χ3v) is 5.12. The van der Waals surface area contributed by atoms with Crippen LogP contribution >= 0.6 is 0 Å². The van der Waals surface area contributed by atoms with Crippen LogP contribution in [0.2, 0.25) is 0 Å². The quantitative estimate of drug-likeness (QED) is 0.495. The third-order valence-electron chi connectivity index (χ3n) is 5.12. The number of para-hydroxylation sites is 1. The standard InChI is InChI=1S/C20H21F3N6O2/c1-31-19(30)28-15-6-2-5-12-13(9-25-17(12)15)16-14(20(21,22)23)10-26-18(29-16)27-11-4-3-7-24-8-11/h2,5-6,9-11,24-25H,3-4,7-8H2,1H3,(H,28,30)(H,26,27,29)/t11-/m0/s1. The molecule has 1 aliphatic rings. The van der Waals surface area contributed by atoms with Gasteiger partial charge in [-0.3, -0.25) is 5.32 Å². The van der Waals surface area contributed by atoms with Gasteiger partial charge >= 0.3 is 12.3 Å². The summed E-state index contributed by atoms with van der Waals surface area (Å²) in [5.41, 5.74) is -0.0872. The third kappa shape index (κ3) is 4.41. The number of benzene rings is 1. The van der Waals surface area contributed by atoms with Crippen LogP contribution in [0.25, 0.3) is 22.2 Å². The average Bonchev–Trinajstić information content (AvgIpc) is 3.18. The first kappa shape index (κ1) is 20.9. The summed E-state index contributed by atoms with van der Waals surface area (Å²) < 4.78 is 45.8. The van der Waals surface area contributed by atoms with Crippen molar-refractivity contribution in [3.8, 4) is 11.3 Å². The van der Waals surface area contributed by atoms with E-state index in [-0.39, 0.29) is 23.2 Å². The van der Waals surface area contributed by atoms with Gasteiger partial charge in [0, 0.05) is 35.9 Å². The van der Waals surface area contributed by atoms with Gasteiger partial charge in [-0.15, -0.1) is 0 Å². The monoisotopic (exact) mass is 434 g/mol. The number of aromatic nitrogens is 3. The first-order valence-corrected chi connectivity index (χ1v) is 9.73. The molecule has 4 N–H and O–H groups in total. The van der Waals surface area contributed by atoms with Crippen molar-refractivity contribution in [3.63, 3.8) is 0 Å². The highest BCUT2D eigenvalue weighted by atomic mass is 19.4. The maximum atomic E-state index is 13.7. The number of anilines is 2. The van der Waals surface area contributed by atoms with E-state index in [9.17, 15) is 18.0 Å². The van der Waals surface area contributed by atoms with Crippen LogP contribution in [0.1, 0.15) is 18.4 Å². The number of H-pyrrole nitrogens is 1. The van der Waals surface area contributed by atoms with Crippen molar-refractivity contribution in [2.75, 3.05) is 30.8 Å². The van der Waals surface area contributed by atoms with E-state index in [2.05, 4.69) is 35.6 Å². The molecule has 1 fully saturated rings. The van der Waals surface area contributed by atoms with Gasteiger partial charge in [-0.05, 0) is 25.5 Å². The van der Waals surface area contributed by atoms with Crippen molar-refractivity contribution >= 4 is 28.6 Å². The molecule has 8 nitrogen and oxygen atoms in total. The summed E-state index contributed by atoms with van der Waals surface area (Å²) in [4.78, 5) is 22.7. The molecule has 0 aliphatic carbocycles. The minimum absolute atomic E-state index is 0.0390. The van der Waals surface area contributed by atoms with E-state index in [0.29, 0.717) is 23.1 Å². The molecule has 1 saturated heterocycles. The Balaban J connectivity index is 1.78. The van der Waals surface area contributed by atoms with Crippen LogP contribution in [0.5, 0.6) is 0 Å². The van der Waals surface area contributed by atoms with E-state index in [1.807, 2.05) is 0 Å². The van der Waals surface area contributed by atoms with Crippen LogP contribution in [0.3, 0.4) is 0 Å². The number of fused-ring (bicyclic) bond motifs is 1. The minimum atomic E-state index is -4.63. The summed E-state index contributed by atoms with van der Waals surface area (Å²) in [5, 5.41) is 9.37. The van der Waals surface area contributed by atoms with Crippen LogP contribution in [0, 0.1) is 0 Å². The lowest BCUT2D eigenvalue weighted by molar-refractivity contribution is -0.137. The lowest BCUT2D eigenvalue weighted by Crippen LogP contribution is -2.38. The Morgan fingerprint density at radius 3 is 2.87 bits per heavy atom. The molecule has 2 aromatic heterocycles. The Hall–Kier alpha value is -3.34. The molecule has 11 heteroatoms. The molecule has 164 valence electrons. The fourth-order valence-corrected chi connectivity index (χ4v) is 3.64. The maximum absolute atomic E-state index is 13.7. The van der Waals surface area contributed by atoms with Gasteiger partial charge in [0.25, 0.3) is 0 Å². The molecule has 4 rings (SSSR count). The van der Waals surface area contributed by atoms with Crippen LogP contribution < -0.4 is 16.0 Å². The normalized spacial score (nSPS) is 16.8. The molecule has 1 aliphatic heterocycles. The molecule has 1 aromatic carbocycles. The predicted molar refractivity (Wildman–Crippen MR) is 110 cm³/mol. The van der Waals surface area contributed by atoms with Gasteiger partial charge in [0.15, 0.2) is 0 Å². The van der Waals surface area contributed by atoms with Gasteiger partial charge in [0.05, 0.1) is 24.0 Å². The average molecular weight is 434 g/mol. The fourth-order valence-electron chi connectivity index (χ4n) is 3.64. The summed E-state index contributed by atoms with van der Waals surface area (Å²) in [7, 11) is 1.22. The predicted octanol–water partition coefficient (Wildman–Crippen LogP) is 3.99. The number of ether oxygens (including phenoxy) is 1. The number of carbonyl (C=O) groups is 1. The van der Waals surface area contributed by atoms with Gasteiger partial charge in [-0.1, -0.05) is 12.1 Å². The molecular formula is C20H21F3N6O2. The largest absolute Gasteiger partial charge is 0.453 e. The number of methoxy groups -OCH3 is 1. The molecule has 0 saturated carbocycles. The summed E-state index contributed by atoms with van der Waals surface area (Å²) in [6.07, 6.45) is -1.24. The number of nitrogens with zero attached hydrogens (tertiary/aromatic N) is 2. The first-order valence-electron chi connectivity index (χ1n) is 9.73. The molecule has 3 aromatic rings. The number of piperidine rings is 1. The number of nitrogens with one attached hydrogen (secondary N) is 4. The Morgan fingerprint density at radius 1 is 1.32 bits per heavy atom. The maximum Gasteiger partial charge on any atom is 0.419 e. The molecule has 0 bridgehead atoms. The molecule has 0 spiro atoms. The summed E-state index contributed by atoms with van der Waals surface area (Å²) >= 11 is 0. The summed E-state index contributed by atoms with van der Waals surface area (Å²) in [5.74, 6) is 0.134. The van der Waals surface area contributed by atoms with Crippen molar-refractivity contribution in [1.29, 1.82) is 0 Å². The zero-order valence-electron chi connectivity index (χ0n) is 16.6. The number of carbonyl (C=O) groups excluding carboxylic acids is 1. The van der Waals surface area contributed by atoms with Gasteiger partial charge in [0.1, 0.15) is 5.56 Å².